The van der Waals surface area contributed by atoms with Crippen LogP contribution in [0.5, 0.6) is 0 Å². The summed E-state index contributed by atoms with van der Waals surface area (Å²) in [5, 5.41) is 2.91. The first-order valence-corrected chi connectivity index (χ1v) is 9.12. The van der Waals surface area contributed by atoms with Crippen LogP contribution in [0.3, 0.4) is 0 Å². The molecule has 0 radical (unpaired) electrons. The van der Waals surface area contributed by atoms with Gasteiger partial charge >= 0.3 is 0 Å². The fraction of sp³-hybridized carbons (Fsp3) is 0.438. The summed E-state index contributed by atoms with van der Waals surface area (Å²) in [6.07, 6.45) is 3.03. The van der Waals surface area contributed by atoms with E-state index in [-0.39, 0.29) is 17.7 Å². The molecule has 0 saturated carbocycles. The highest BCUT2D eigenvalue weighted by molar-refractivity contribution is 7.91. The first-order valence-electron chi connectivity index (χ1n) is 7.47. The maximum atomic E-state index is 11.8. The van der Waals surface area contributed by atoms with Crippen molar-refractivity contribution < 1.29 is 13.2 Å². The molecule has 0 atom stereocenters. The van der Waals surface area contributed by atoms with Gasteiger partial charge in [-0.25, -0.2) is 8.42 Å². The van der Waals surface area contributed by atoms with Crippen LogP contribution in [0.4, 0.5) is 5.69 Å². The third kappa shape index (κ3) is 3.88. The minimum Gasteiger partial charge on any atom is -0.371 e. The lowest BCUT2D eigenvalue weighted by Gasteiger charge is -2.33. The number of rotatable bonds is 5. The number of piperidine rings is 1. The highest BCUT2D eigenvalue weighted by atomic mass is 32.2. The molecule has 1 saturated heterocycles. The number of benzene rings is 1. The summed E-state index contributed by atoms with van der Waals surface area (Å²) in [5.74, 6) is -0.0200. The van der Waals surface area contributed by atoms with Crippen molar-refractivity contribution in [3.8, 4) is 0 Å². The van der Waals surface area contributed by atoms with E-state index in [1.807, 2.05) is 12.1 Å². The van der Waals surface area contributed by atoms with Crippen molar-refractivity contribution in [1.82, 2.24) is 5.32 Å². The summed E-state index contributed by atoms with van der Waals surface area (Å²) in [6.45, 7) is 6.77. The zero-order valence-electron chi connectivity index (χ0n) is 12.8. The summed E-state index contributed by atoms with van der Waals surface area (Å²) < 4.78 is 23.6. The predicted molar refractivity (Wildman–Crippen MR) is 87.7 cm³/mol. The molecule has 1 heterocycles. The average molecular weight is 322 g/mol. The quantitative estimate of drug-likeness (QED) is 0.839. The van der Waals surface area contributed by atoms with Gasteiger partial charge in [-0.2, -0.15) is 0 Å². The van der Waals surface area contributed by atoms with Gasteiger partial charge in [0.25, 0.3) is 0 Å². The van der Waals surface area contributed by atoms with Crippen molar-refractivity contribution in [1.29, 1.82) is 0 Å². The average Bonchev–Trinajstić information content (AvgIpc) is 2.55. The second-order valence-electron chi connectivity index (χ2n) is 5.37. The van der Waals surface area contributed by atoms with Gasteiger partial charge < -0.3 is 10.2 Å². The molecule has 2 rings (SSSR count). The van der Waals surface area contributed by atoms with Crippen LogP contribution in [0, 0.1) is 0 Å². The van der Waals surface area contributed by atoms with Crippen LogP contribution in [0.1, 0.15) is 19.8 Å². The first kappa shape index (κ1) is 16.5. The van der Waals surface area contributed by atoms with E-state index < -0.39 is 9.84 Å². The normalized spacial score (nSPS) is 16.3. The second kappa shape index (κ2) is 6.96. The number of carbonyl (C=O) groups is 1. The number of hydrogen-bond acceptors (Lipinski definition) is 4. The molecule has 1 amide bonds. The SMILES string of the molecule is C=CC(=O)NC1CCN(c2ccc(S(=O)(=O)CC)cc2)CC1. The highest BCUT2D eigenvalue weighted by Crippen LogP contribution is 2.22. The Hall–Kier alpha value is -1.82. The van der Waals surface area contributed by atoms with Gasteiger partial charge in [0.2, 0.25) is 5.91 Å². The number of hydrogen-bond donors (Lipinski definition) is 1. The third-order valence-electron chi connectivity index (χ3n) is 3.97. The fourth-order valence-corrected chi connectivity index (χ4v) is 3.46. The van der Waals surface area contributed by atoms with Gasteiger partial charge in [0.05, 0.1) is 10.6 Å². The van der Waals surface area contributed by atoms with Gasteiger partial charge in [-0.05, 0) is 43.2 Å². The van der Waals surface area contributed by atoms with Gasteiger partial charge in [-0.1, -0.05) is 13.5 Å². The number of carbonyl (C=O) groups excluding carboxylic acids is 1. The predicted octanol–water partition coefficient (Wildman–Crippen LogP) is 1.75. The molecule has 1 aliphatic rings. The second-order valence-corrected chi connectivity index (χ2v) is 7.65. The van der Waals surface area contributed by atoms with Gasteiger partial charge in [0, 0.05) is 24.8 Å². The Bertz CT molecular complexity index is 630. The number of nitrogens with zero attached hydrogens (tertiary/aromatic N) is 1. The van der Waals surface area contributed by atoms with E-state index in [1.54, 1.807) is 19.1 Å². The Morgan fingerprint density at radius 1 is 1.32 bits per heavy atom. The molecule has 0 bridgehead atoms. The summed E-state index contributed by atoms with van der Waals surface area (Å²) >= 11 is 0. The lowest BCUT2D eigenvalue weighted by atomic mass is 10.0. The standard InChI is InChI=1S/C16H22N2O3S/c1-3-16(19)17-13-9-11-18(12-10-13)14-5-7-15(8-6-14)22(20,21)4-2/h3,5-8,13H,1,4,9-12H2,2H3,(H,17,19). The van der Waals surface area contributed by atoms with Crippen molar-refractivity contribution in [3.63, 3.8) is 0 Å². The summed E-state index contributed by atoms with van der Waals surface area (Å²) in [7, 11) is -3.15. The molecule has 1 aromatic carbocycles. The Balaban J connectivity index is 1.97. The van der Waals surface area contributed by atoms with Crippen LogP contribution < -0.4 is 10.2 Å². The topological polar surface area (TPSA) is 66.5 Å². The lowest BCUT2D eigenvalue weighted by Crippen LogP contribution is -2.44. The maximum absolute atomic E-state index is 11.8. The molecule has 22 heavy (non-hydrogen) atoms. The van der Waals surface area contributed by atoms with E-state index in [0.29, 0.717) is 4.90 Å². The van der Waals surface area contributed by atoms with Crippen LogP contribution in [0.2, 0.25) is 0 Å². The molecular weight excluding hydrogens is 300 g/mol. The molecule has 0 spiro atoms. The number of anilines is 1. The largest absolute Gasteiger partial charge is 0.371 e. The van der Waals surface area contributed by atoms with Crippen molar-refractivity contribution in [2.45, 2.75) is 30.7 Å². The van der Waals surface area contributed by atoms with Crippen molar-refractivity contribution in [2.24, 2.45) is 0 Å². The number of sulfone groups is 1. The zero-order valence-corrected chi connectivity index (χ0v) is 13.6. The fourth-order valence-electron chi connectivity index (χ4n) is 2.57. The number of amides is 1. The van der Waals surface area contributed by atoms with E-state index >= 15 is 0 Å². The molecule has 1 fully saturated rings. The monoisotopic (exact) mass is 322 g/mol. The van der Waals surface area contributed by atoms with Gasteiger partial charge in [-0.3, -0.25) is 4.79 Å². The van der Waals surface area contributed by atoms with Crippen molar-refractivity contribution in [2.75, 3.05) is 23.7 Å². The Labute approximate surface area is 131 Å². The van der Waals surface area contributed by atoms with Crippen molar-refractivity contribution in [3.05, 3.63) is 36.9 Å². The smallest absolute Gasteiger partial charge is 0.243 e. The molecule has 6 heteroatoms. The Morgan fingerprint density at radius 2 is 1.91 bits per heavy atom. The van der Waals surface area contributed by atoms with Crippen LogP contribution in [0.25, 0.3) is 0 Å². The van der Waals surface area contributed by atoms with Crippen LogP contribution in [-0.2, 0) is 14.6 Å². The molecule has 0 aliphatic carbocycles. The van der Waals surface area contributed by atoms with Crippen LogP contribution in [0.15, 0.2) is 41.8 Å². The summed E-state index contributed by atoms with van der Waals surface area (Å²) in [4.78, 5) is 13.9. The van der Waals surface area contributed by atoms with E-state index in [9.17, 15) is 13.2 Å². The molecule has 1 aromatic rings. The number of nitrogens with one attached hydrogen (secondary N) is 1. The summed E-state index contributed by atoms with van der Waals surface area (Å²) in [6, 6.07) is 7.22. The Morgan fingerprint density at radius 3 is 2.41 bits per heavy atom. The van der Waals surface area contributed by atoms with E-state index in [0.717, 1.165) is 31.6 Å². The maximum Gasteiger partial charge on any atom is 0.243 e. The van der Waals surface area contributed by atoms with Crippen LogP contribution in [-0.4, -0.2) is 39.2 Å². The van der Waals surface area contributed by atoms with Crippen molar-refractivity contribution >= 4 is 21.4 Å². The minimum absolute atomic E-state index is 0.112. The molecule has 120 valence electrons. The first-order chi connectivity index (χ1) is 10.5. The molecule has 0 unspecified atom stereocenters. The van der Waals surface area contributed by atoms with E-state index in [4.69, 9.17) is 0 Å². The molecule has 0 aromatic heterocycles. The Kier molecular flexibility index (Phi) is 5.24. The molecule has 1 aliphatic heterocycles. The molecular formula is C16H22N2O3S. The van der Waals surface area contributed by atoms with Gasteiger partial charge in [0.1, 0.15) is 0 Å². The van der Waals surface area contributed by atoms with Gasteiger partial charge in [0.15, 0.2) is 9.84 Å². The zero-order chi connectivity index (χ0) is 16.2. The summed E-state index contributed by atoms with van der Waals surface area (Å²) in [5.41, 5.74) is 1.02. The third-order valence-corrected chi connectivity index (χ3v) is 5.72. The molecule has 1 N–H and O–H groups in total. The lowest BCUT2D eigenvalue weighted by molar-refractivity contribution is -0.117. The minimum atomic E-state index is -3.15. The van der Waals surface area contributed by atoms with E-state index in [1.165, 1.54) is 6.08 Å². The van der Waals surface area contributed by atoms with E-state index in [2.05, 4.69) is 16.8 Å². The highest BCUT2D eigenvalue weighted by Gasteiger charge is 2.20. The van der Waals surface area contributed by atoms with Gasteiger partial charge in [-0.15, -0.1) is 0 Å². The molecule has 5 nitrogen and oxygen atoms in total. The van der Waals surface area contributed by atoms with Crippen LogP contribution >= 0.6 is 0 Å².